The molecule has 1 aromatic heterocycles. The fraction of sp³-hybridized carbons (Fsp3) is 0.391. The molecule has 0 spiro atoms. The Hall–Kier alpha value is -2.86. The van der Waals surface area contributed by atoms with Gasteiger partial charge in [0.1, 0.15) is 17.6 Å². The third-order valence-electron chi connectivity index (χ3n) is 5.55. The van der Waals surface area contributed by atoms with E-state index in [0.29, 0.717) is 24.4 Å². The molecule has 1 aliphatic heterocycles. The van der Waals surface area contributed by atoms with Gasteiger partial charge in [0.2, 0.25) is 0 Å². The average Bonchev–Trinajstić information content (AvgIpc) is 3.32. The van der Waals surface area contributed by atoms with E-state index in [1.54, 1.807) is 12.1 Å². The third-order valence-corrected chi connectivity index (χ3v) is 5.55. The molecule has 0 bridgehead atoms. The summed E-state index contributed by atoms with van der Waals surface area (Å²) in [5, 5.41) is 11.1. The van der Waals surface area contributed by atoms with Crippen molar-refractivity contribution in [3.63, 3.8) is 0 Å². The molecule has 6 nitrogen and oxygen atoms in total. The van der Waals surface area contributed by atoms with Crippen LogP contribution in [0.5, 0.6) is 0 Å². The van der Waals surface area contributed by atoms with Gasteiger partial charge in [-0.25, -0.2) is 0 Å². The second kappa shape index (κ2) is 8.66. The molecule has 154 valence electrons. The van der Waals surface area contributed by atoms with E-state index in [-0.39, 0.29) is 11.3 Å². The highest BCUT2D eigenvalue weighted by molar-refractivity contribution is 6.46. The van der Waals surface area contributed by atoms with E-state index in [1.165, 1.54) is 11.2 Å². The second-order valence-electron chi connectivity index (χ2n) is 7.35. The Kier molecular flexibility index (Phi) is 6.23. The van der Waals surface area contributed by atoms with Crippen molar-refractivity contribution in [2.24, 2.45) is 0 Å². The largest absolute Gasteiger partial charge is 0.507 e. The van der Waals surface area contributed by atoms with E-state index in [4.69, 9.17) is 4.42 Å². The lowest BCUT2D eigenvalue weighted by atomic mass is 9.96. The fourth-order valence-electron chi connectivity index (χ4n) is 3.78. The van der Waals surface area contributed by atoms with Gasteiger partial charge in [-0.1, -0.05) is 31.5 Å². The zero-order valence-electron chi connectivity index (χ0n) is 17.4. The molecule has 1 aromatic carbocycles. The standard InChI is InChI=1S/C23H28N2O4/c1-5-24(6-2)11-12-25-20(18-8-7-13-29-18)19(22(27)23(25)28)21(26)17-14-15(3)9-10-16(17)4/h7-10,13-14,20,26H,5-6,11-12H2,1-4H3/b21-19-. The number of hydrogen-bond acceptors (Lipinski definition) is 5. The number of hydrogen-bond donors (Lipinski definition) is 1. The van der Waals surface area contributed by atoms with E-state index in [1.807, 2.05) is 32.0 Å². The molecule has 1 amide bonds. The number of furan rings is 1. The summed E-state index contributed by atoms with van der Waals surface area (Å²) >= 11 is 0. The van der Waals surface area contributed by atoms with Crippen LogP contribution in [0, 0.1) is 13.8 Å². The number of benzene rings is 1. The van der Waals surface area contributed by atoms with Gasteiger partial charge in [-0.2, -0.15) is 0 Å². The molecule has 29 heavy (non-hydrogen) atoms. The number of Topliss-reactive ketones (excluding diaryl/α,β-unsaturated/α-hetero) is 1. The van der Waals surface area contributed by atoms with Crippen LogP contribution in [-0.4, -0.2) is 52.8 Å². The molecule has 1 atom stereocenters. The minimum Gasteiger partial charge on any atom is -0.507 e. The number of amides is 1. The molecule has 2 aromatic rings. The van der Waals surface area contributed by atoms with Gasteiger partial charge in [0.25, 0.3) is 11.7 Å². The lowest BCUT2D eigenvalue weighted by Crippen LogP contribution is -2.37. The van der Waals surface area contributed by atoms with Crippen LogP contribution in [0.25, 0.3) is 5.76 Å². The number of carbonyl (C=O) groups excluding carboxylic acids is 2. The maximum Gasteiger partial charge on any atom is 0.295 e. The van der Waals surface area contributed by atoms with E-state index >= 15 is 0 Å². The first-order valence-corrected chi connectivity index (χ1v) is 10.0. The summed E-state index contributed by atoms with van der Waals surface area (Å²) < 4.78 is 5.57. The molecule has 1 saturated heterocycles. The number of likely N-dealkylation sites (tertiary alicyclic amines) is 1. The zero-order chi connectivity index (χ0) is 21.1. The highest BCUT2D eigenvalue weighted by Crippen LogP contribution is 2.39. The lowest BCUT2D eigenvalue weighted by Gasteiger charge is -2.26. The average molecular weight is 396 g/mol. The highest BCUT2D eigenvalue weighted by atomic mass is 16.3. The van der Waals surface area contributed by atoms with Crippen LogP contribution in [0.2, 0.25) is 0 Å². The quantitative estimate of drug-likeness (QED) is 0.439. The van der Waals surface area contributed by atoms with E-state index < -0.39 is 17.7 Å². The normalized spacial score (nSPS) is 18.8. The molecule has 0 radical (unpaired) electrons. The molecule has 0 saturated carbocycles. The van der Waals surface area contributed by atoms with Gasteiger partial charge < -0.3 is 19.3 Å². The Morgan fingerprint density at radius 2 is 1.90 bits per heavy atom. The number of nitrogens with zero attached hydrogens (tertiary/aromatic N) is 2. The topological polar surface area (TPSA) is 74.0 Å². The van der Waals surface area contributed by atoms with E-state index in [0.717, 1.165) is 24.2 Å². The second-order valence-corrected chi connectivity index (χ2v) is 7.35. The smallest absolute Gasteiger partial charge is 0.295 e. The third kappa shape index (κ3) is 3.98. The van der Waals surface area contributed by atoms with Crippen molar-refractivity contribution in [2.45, 2.75) is 33.7 Å². The molecule has 3 rings (SSSR count). The molecule has 1 unspecified atom stereocenters. The van der Waals surface area contributed by atoms with Crippen molar-refractivity contribution in [3.8, 4) is 0 Å². The van der Waals surface area contributed by atoms with Crippen LogP contribution in [-0.2, 0) is 9.59 Å². The number of likely N-dealkylation sites (N-methyl/N-ethyl adjacent to an activating group) is 1. The van der Waals surface area contributed by atoms with Crippen molar-refractivity contribution < 1.29 is 19.1 Å². The summed E-state index contributed by atoms with van der Waals surface area (Å²) in [4.78, 5) is 29.5. The molecular formula is C23H28N2O4. The van der Waals surface area contributed by atoms with Gasteiger partial charge in [0.15, 0.2) is 0 Å². The Bertz CT molecular complexity index is 926. The molecule has 2 heterocycles. The minimum atomic E-state index is -0.736. The number of aryl methyl sites for hydroxylation is 2. The fourth-order valence-corrected chi connectivity index (χ4v) is 3.78. The van der Waals surface area contributed by atoms with Gasteiger partial charge in [-0.15, -0.1) is 0 Å². The molecule has 1 N–H and O–H groups in total. The number of aliphatic hydroxyl groups is 1. The summed E-state index contributed by atoms with van der Waals surface area (Å²) in [5.74, 6) is -0.971. The van der Waals surface area contributed by atoms with Crippen LogP contribution in [0.15, 0.2) is 46.6 Å². The predicted octanol–water partition coefficient (Wildman–Crippen LogP) is 3.66. The lowest BCUT2D eigenvalue weighted by molar-refractivity contribution is -0.140. The molecular weight excluding hydrogens is 368 g/mol. The van der Waals surface area contributed by atoms with Gasteiger partial charge in [-0.3, -0.25) is 9.59 Å². The molecule has 1 aliphatic rings. The number of carbonyl (C=O) groups is 2. The Labute approximate surface area is 171 Å². The highest BCUT2D eigenvalue weighted by Gasteiger charge is 2.47. The first-order valence-electron chi connectivity index (χ1n) is 10.0. The maximum absolute atomic E-state index is 13.0. The van der Waals surface area contributed by atoms with Crippen LogP contribution in [0.1, 0.15) is 42.3 Å². The number of ketones is 1. The van der Waals surface area contributed by atoms with Crippen molar-refractivity contribution in [3.05, 3.63) is 64.6 Å². The zero-order valence-corrected chi connectivity index (χ0v) is 17.4. The number of rotatable bonds is 7. The van der Waals surface area contributed by atoms with E-state index in [9.17, 15) is 14.7 Å². The summed E-state index contributed by atoms with van der Waals surface area (Å²) in [6.07, 6.45) is 1.51. The Morgan fingerprint density at radius 3 is 2.52 bits per heavy atom. The Balaban J connectivity index is 2.09. The van der Waals surface area contributed by atoms with Crippen LogP contribution >= 0.6 is 0 Å². The summed E-state index contributed by atoms with van der Waals surface area (Å²) in [6.45, 7) is 10.6. The maximum atomic E-state index is 13.0. The molecule has 6 heteroatoms. The van der Waals surface area contributed by atoms with Gasteiger partial charge in [0.05, 0.1) is 11.8 Å². The van der Waals surface area contributed by atoms with E-state index in [2.05, 4.69) is 18.7 Å². The first kappa shape index (κ1) is 20.9. The van der Waals surface area contributed by atoms with Gasteiger partial charge in [0, 0.05) is 18.7 Å². The first-order chi connectivity index (χ1) is 13.9. The van der Waals surface area contributed by atoms with Crippen molar-refractivity contribution in [2.75, 3.05) is 26.2 Å². The summed E-state index contributed by atoms with van der Waals surface area (Å²) in [5.41, 5.74) is 2.43. The number of aliphatic hydroxyl groups excluding tert-OH is 1. The summed E-state index contributed by atoms with van der Waals surface area (Å²) in [6, 6.07) is 8.38. The van der Waals surface area contributed by atoms with Crippen molar-refractivity contribution in [1.29, 1.82) is 0 Å². The molecule has 0 aliphatic carbocycles. The Morgan fingerprint density at radius 1 is 1.17 bits per heavy atom. The van der Waals surface area contributed by atoms with Gasteiger partial charge in [-0.05, 0) is 50.7 Å². The summed E-state index contributed by atoms with van der Waals surface area (Å²) in [7, 11) is 0. The van der Waals surface area contributed by atoms with Crippen LogP contribution in [0.3, 0.4) is 0 Å². The molecule has 1 fully saturated rings. The van der Waals surface area contributed by atoms with Crippen molar-refractivity contribution in [1.82, 2.24) is 9.80 Å². The van der Waals surface area contributed by atoms with Crippen molar-refractivity contribution >= 4 is 17.4 Å². The minimum absolute atomic E-state index is 0.0817. The van der Waals surface area contributed by atoms with Gasteiger partial charge >= 0.3 is 0 Å². The predicted molar refractivity (Wildman–Crippen MR) is 111 cm³/mol. The SMILES string of the molecule is CCN(CC)CCN1C(=O)C(=O)/C(=C(\O)c2cc(C)ccc2C)C1c1ccco1. The van der Waals surface area contributed by atoms with Crippen LogP contribution in [0.4, 0.5) is 0 Å². The van der Waals surface area contributed by atoms with Crippen LogP contribution < -0.4 is 0 Å². The monoisotopic (exact) mass is 396 g/mol.